The van der Waals surface area contributed by atoms with E-state index in [-0.39, 0.29) is 36.1 Å². The van der Waals surface area contributed by atoms with E-state index < -0.39 is 17.2 Å². The lowest BCUT2D eigenvalue weighted by Gasteiger charge is -2.04. The molecule has 9 nitrogen and oxygen atoms in total. The van der Waals surface area contributed by atoms with E-state index in [1.54, 1.807) is 0 Å². The number of oxime groups is 1. The standard InChI is InChI=1S/C17H13N3O6S/c21-15-11-6-12(16(22)24-8-13-19-26-9-25-13)27-14(11)18-17(23)20(15)7-10-4-2-1-3-5-10/h1-6H,7-9H2,(H,18,23). The molecule has 4 rings (SSSR count). The Balaban J connectivity index is 1.62. The second-order valence-corrected chi connectivity index (χ2v) is 6.67. The van der Waals surface area contributed by atoms with Gasteiger partial charge in [-0.1, -0.05) is 30.3 Å². The molecule has 1 aliphatic rings. The van der Waals surface area contributed by atoms with Crippen LogP contribution in [0.15, 0.2) is 51.1 Å². The van der Waals surface area contributed by atoms with Crippen LogP contribution in [0.5, 0.6) is 0 Å². The largest absolute Gasteiger partial charge is 0.451 e. The van der Waals surface area contributed by atoms with Gasteiger partial charge in [0.1, 0.15) is 9.71 Å². The number of aromatic amines is 1. The predicted molar refractivity (Wildman–Crippen MR) is 97.0 cm³/mol. The number of carbonyl (C=O) groups excluding carboxylic acids is 1. The van der Waals surface area contributed by atoms with Gasteiger partial charge in [-0.2, -0.15) is 0 Å². The Kier molecular flexibility index (Phi) is 4.47. The summed E-state index contributed by atoms with van der Waals surface area (Å²) >= 11 is 0.976. The molecule has 27 heavy (non-hydrogen) atoms. The number of esters is 1. The molecule has 1 aromatic carbocycles. The van der Waals surface area contributed by atoms with E-state index in [1.807, 2.05) is 30.3 Å². The predicted octanol–water partition coefficient (Wildman–Crippen LogP) is 1.27. The van der Waals surface area contributed by atoms with E-state index in [2.05, 4.69) is 15.0 Å². The zero-order valence-electron chi connectivity index (χ0n) is 13.8. The van der Waals surface area contributed by atoms with Crippen molar-refractivity contribution in [2.75, 3.05) is 13.4 Å². The number of H-pyrrole nitrogens is 1. The second kappa shape index (κ2) is 7.08. The molecule has 1 N–H and O–H groups in total. The Labute approximate surface area is 155 Å². The summed E-state index contributed by atoms with van der Waals surface area (Å²) in [6.45, 7) is -0.0580. The van der Waals surface area contributed by atoms with Crippen LogP contribution in [0.25, 0.3) is 10.2 Å². The van der Waals surface area contributed by atoms with E-state index in [9.17, 15) is 14.4 Å². The summed E-state index contributed by atoms with van der Waals surface area (Å²) in [6, 6.07) is 10.6. The first-order valence-corrected chi connectivity index (χ1v) is 8.73. The summed E-state index contributed by atoms with van der Waals surface area (Å²) < 4.78 is 11.1. The monoisotopic (exact) mass is 387 g/mol. The zero-order chi connectivity index (χ0) is 18.8. The third-order valence-corrected chi connectivity index (χ3v) is 4.86. The number of aromatic nitrogens is 2. The Hall–Kier alpha value is -3.40. The molecule has 0 radical (unpaired) electrons. The fraction of sp³-hybridized carbons (Fsp3) is 0.176. The fourth-order valence-corrected chi connectivity index (χ4v) is 3.47. The molecule has 0 saturated carbocycles. The van der Waals surface area contributed by atoms with Crippen molar-refractivity contribution in [3.63, 3.8) is 0 Å². The summed E-state index contributed by atoms with van der Waals surface area (Å²) in [7, 11) is 0. The van der Waals surface area contributed by atoms with Crippen molar-refractivity contribution in [2.24, 2.45) is 5.16 Å². The zero-order valence-corrected chi connectivity index (χ0v) is 14.7. The topological polar surface area (TPSA) is 112 Å². The van der Waals surface area contributed by atoms with Crippen LogP contribution in [0, 0.1) is 0 Å². The SMILES string of the molecule is O=C(OCC1=NOCO1)c1cc2c(=O)n(Cc3ccccc3)c(=O)[nH]c2s1. The Morgan fingerprint density at radius 2 is 2.11 bits per heavy atom. The van der Waals surface area contributed by atoms with Crippen LogP contribution in [-0.2, 0) is 20.9 Å². The highest BCUT2D eigenvalue weighted by Gasteiger charge is 2.18. The first-order valence-electron chi connectivity index (χ1n) is 7.91. The van der Waals surface area contributed by atoms with Crippen molar-refractivity contribution in [1.82, 2.24) is 9.55 Å². The van der Waals surface area contributed by atoms with Crippen LogP contribution in [0.4, 0.5) is 0 Å². The lowest BCUT2D eigenvalue weighted by molar-refractivity contribution is 0.0479. The van der Waals surface area contributed by atoms with Gasteiger partial charge in [-0.15, -0.1) is 11.3 Å². The Morgan fingerprint density at radius 1 is 1.30 bits per heavy atom. The highest BCUT2D eigenvalue weighted by molar-refractivity contribution is 7.20. The molecular formula is C17H13N3O6S. The van der Waals surface area contributed by atoms with Crippen LogP contribution < -0.4 is 11.2 Å². The van der Waals surface area contributed by atoms with Crippen molar-refractivity contribution in [3.05, 3.63) is 67.7 Å². The molecule has 0 atom stereocenters. The van der Waals surface area contributed by atoms with E-state index in [1.165, 1.54) is 6.07 Å². The number of nitrogens with one attached hydrogen (secondary N) is 1. The van der Waals surface area contributed by atoms with Gasteiger partial charge < -0.3 is 14.3 Å². The van der Waals surface area contributed by atoms with Gasteiger partial charge in [0, 0.05) is 0 Å². The lowest BCUT2D eigenvalue weighted by atomic mass is 10.2. The summed E-state index contributed by atoms with van der Waals surface area (Å²) in [5.74, 6) is -0.493. The van der Waals surface area contributed by atoms with E-state index >= 15 is 0 Å². The van der Waals surface area contributed by atoms with Crippen molar-refractivity contribution in [3.8, 4) is 0 Å². The highest BCUT2D eigenvalue weighted by Crippen LogP contribution is 2.21. The number of benzene rings is 1. The van der Waals surface area contributed by atoms with Gasteiger partial charge in [0.25, 0.3) is 18.2 Å². The molecule has 0 aliphatic carbocycles. The molecule has 0 saturated heterocycles. The third-order valence-electron chi connectivity index (χ3n) is 3.83. The third kappa shape index (κ3) is 3.47. The van der Waals surface area contributed by atoms with Gasteiger partial charge in [0.15, 0.2) is 6.61 Å². The van der Waals surface area contributed by atoms with E-state index in [0.29, 0.717) is 4.83 Å². The average molecular weight is 387 g/mol. The van der Waals surface area contributed by atoms with E-state index in [4.69, 9.17) is 9.47 Å². The van der Waals surface area contributed by atoms with E-state index in [0.717, 1.165) is 21.5 Å². The number of thiophene rings is 1. The molecule has 1 aliphatic heterocycles. The molecule has 138 valence electrons. The summed E-state index contributed by atoms with van der Waals surface area (Å²) in [5, 5.41) is 3.79. The normalized spacial score (nSPS) is 13.1. The minimum absolute atomic E-state index is 0.0159. The summed E-state index contributed by atoms with van der Waals surface area (Å²) in [6.07, 6.45) is 0. The number of nitrogens with zero attached hydrogens (tertiary/aromatic N) is 2. The van der Waals surface area contributed by atoms with Gasteiger partial charge in [0.05, 0.1) is 11.9 Å². The van der Waals surface area contributed by atoms with Crippen LogP contribution in [0.1, 0.15) is 15.2 Å². The number of ether oxygens (including phenoxy) is 2. The number of rotatable bonds is 5. The molecule has 3 heterocycles. The molecule has 3 aromatic rings. The molecule has 0 amide bonds. The smallest absolute Gasteiger partial charge is 0.348 e. The Bertz CT molecular complexity index is 1140. The quantitative estimate of drug-likeness (QED) is 0.660. The van der Waals surface area contributed by atoms with Crippen LogP contribution >= 0.6 is 11.3 Å². The van der Waals surface area contributed by atoms with Crippen LogP contribution in [0.2, 0.25) is 0 Å². The maximum atomic E-state index is 12.7. The molecule has 10 heteroatoms. The molecule has 2 aromatic heterocycles. The average Bonchev–Trinajstić information content (AvgIpc) is 3.34. The molecule has 0 fully saturated rings. The minimum atomic E-state index is -0.649. The van der Waals surface area contributed by atoms with Gasteiger partial charge in [-0.05, 0) is 16.8 Å². The van der Waals surface area contributed by atoms with Crippen molar-refractivity contribution in [1.29, 1.82) is 0 Å². The van der Waals surface area contributed by atoms with Crippen LogP contribution in [-0.4, -0.2) is 34.8 Å². The van der Waals surface area contributed by atoms with Crippen molar-refractivity contribution in [2.45, 2.75) is 6.54 Å². The Morgan fingerprint density at radius 3 is 2.85 bits per heavy atom. The fourth-order valence-electron chi connectivity index (χ4n) is 2.54. The van der Waals surface area contributed by atoms with Gasteiger partial charge in [-0.3, -0.25) is 14.3 Å². The first kappa shape index (κ1) is 17.0. The maximum Gasteiger partial charge on any atom is 0.348 e. The van der Waals surface area contributed by atoms with Crippen LogP contribution in [0.3, 0.4) is 0 Å². The number of hydrogen-bond donors (Lipinski definition) is 1. The molecule has 0 spiro atoms. The molecule has 0 unspecified atom stereocenters. The summed E-state index contributed by atoms with van der Waals surface area (Å²) in [5.41, 5.74) is -0.187. The number of carbonyl (C=O) groups is 1. The summed E-state index contributed by atoms with van der Waals surface area (Å²) in [4.78, 5) is 44.9. The molecule has 0 bridgehead atoms. The second-order valence-electron chi connectivity index (χ2n) is 5.61. The lowest BCUT2D eigenvalue weighted by Crippen LogP contribution is -2.34. The van der Waals surface area contributed by atoms with Gasteiger partial charge in [0.2, 0.25) is 0 Å². The maximum absolute atomic E-state index is 12.7. The number of fused-ring (bicyclic) bond motifs is 1. The number of hydrogen-bond acceptors (Lipinski definition) is 8. The van der Waals surface area contributed by atoms with Gasteiger partial charge in [-0.25, -0.2) is 9.59 Å². The van der Waals surface area contributed by atoms with Crippen molar-refractivity contribution < 1.29 is 19.1 Å². The van der Waals surface area contributed by atoms with Gasteiger partial charge >= 0.3 is 11.7 Å². The highest BCUT2D eigenvalue weighted by atomic mass is 32.1. The molecular weight excluding hydrogens is 374 g/mol. The van der Waals surface area contributed by atoms with Crippen molar-refractivity contribution >= 4 is 33.4 Å². The minimum Gasteiger partial charge on any atom is -0.451 e. The first-order chi connectivity index (χ1) is 13.1.